The van der Waals surface area contributed by atoms with Crippen LogP contribution in [0.15, 0.2) is 24.3 Å². The van der Waals surface area contributed by atoms with Crippen LogP contribution in [0, 0.1) is 17.2 Å². The normalized spacial score (nSPS) is 19.6. The molecule has 1 aromatic rings. The highest BCUT2D eigenvalue weighted by atomic mass is 14.4. The summed E-state index contributed by atoms with van der Waals surface area (Å²) in [6, 6.07) is 10.6. The highest BCUT2D eigenvalue weighted by Gasteiger charge is 2.38. The van der Waals surface area contributed by atoms with E-state index >= 15 is 0 Å². The largest absolute Gasteiger partial charge is 0.192 e. The molecular formula is C18H25N. The molecule has 1 aliphatic carbocycles. The molecule has 1 nitrogen and oxygen atoms in total. The highest BCUT2D eigenvalue weighted by molar-refractivity contribution is 5.36. The molecule has 0 saturated heterocycles. The van der Waals surface area contributed by atoms with Gasteiger partial charge in [0.1, 0.15) is 0 Å². The summed E-state index contributed by atoms with van der Waals surface area (Å²) in [6.45, 7) is 4.71. The predicted molar refractivity (Wildman–Crippen MR) is 80.0 cm³/mol. The summed E-state index contributed by atoms with van der Waals surface area (Å²) >= 11 is 0. The fraction of sp³-hybridized carbons (Fsp3) is 0.611. The Hall–Kier alpha value is -1.29. The first kappa shape index (κ1) is 14.1. The first-order valence-corrected chi connectivity index (χ1v) is 7.73. The molecule has 1 aliphatic rings. The second-order valence-electron chi connectivity index (χ2n) is 6.10. The molecule has 19 heavy (non-hydrogen) atoms. The Labute approximate surface area is 117 Å². The third kappa shape index (κ3) is 2.84. The topological polar surface area (TPSA) is 23.8 Å². The molecular weight excluding hydrogens is 230 g/mol. The van der Waals surface area contributed by atoms with Crippen LogP contribution in [0.1, 0.15) is 69.9 Å². The minimum atomic E-state index is 0.363. The molecule has 1 unspecified atom stereocenters. The van der Waals surface area contributed by atoms with Gasteiger partial charge in [-0.25, -0.2) is 0 Å². The van der Waals surface area contributed by atoms with Crippen molar-refractivity contribution in [3.05, 3.63) is 35.4 Å². The molecule has 0 aromatic heterocycles. The van der Waals surface area contributed by atoms with E-state index in [1.165, 1.54) is 50.5 Å². The van der Waals surface area contributed by atoms with Gasteiger partial charge in [-0.1, -0.05) is 58.1 Å². The van der Waals surface area contributed by atoms with E-state index < -0.39 is 0 Å². The molecule has 0 spiro atoms. The van der Waals surface area contributed by atoms with Crippen LogP contribution in [-0.2, 0) is 5.41 Å². The standard InChI is InChI=1S/C18H25N/c1-3-7-15(2)18(12-5-4-6-13-18)17-10-8-16(14-19)9-11-17/h8-11,15H,3-7,12-13H2,1-2H3. The minimum absolute atomic E-state index is 0.363. The van der Waals surface area contributed by atoms with E-state index in [4.69, 9.17) is 5.26 Å². The Kier molecular flexibility index (Phi) is 4.64. The van der Waals surface area contributed by atoms with E-state index in [1.54, 1.807) is 0 Å². The summed E-state index contributed by atoms with van der Waals surface area (Å²) in [5.74, 6) is 0.741. The van der Waals surface area contributed by atoms with Gasteiger partial charge in [-0.15, -0.1) is 0 Å². The Morgan fingerprint density at radius 3 is 2.32 bits per heavy atom. The molecule has 0 bridgehead atoms. The average Bonchev–Trinajstić information content (AvgIpc) is 2.48. The average molecular weight is 255 g/mol. The van der Waals surface area contributed by atoms with Crippen molar-refractivity contribution in [2.24, 2.45) is 5.92 Å². The zero-order chi connectivity index (χ0) is 13.7. The van der Waals surface area contributed by atoms with Crippen LogP contribution in [-0.4, -0.2) is 0 Å². The molecule has 0 heterocycles. The number of benzene rings is 1. The van der Waals surface area contributed by atoms with E-state index in [9.17, 15) is 0 Å². The van der Waals surface area contributed by atoms with Gasteiger partial charge in [-0.3, -0.25) is 0 Å². The Bertz CT molecular complexity index is 432. The molecule has 1 aromatic carbocycles. The SMILES string of the molecule is CCCC(C)C1(c2ccc(C#N)cc2)CCCCC1. The number of rotatable bonds is 4. The summed E-state index contributed by atoms with van der Waals surface area (Å²) in [4.78, 5) is 0. The molecule has 0 aliphatic heterocycles. The number of nitriles is 1. The van der Waals surface area contributed by atoms with Gasteiger partial charge in [-0.2, -0.15) is 5.26 Å². The van der Waals surface area contributed by atoms with Gasteiger partial charge in [0.15, 0.2) is 0 Å². The lowest BCUT2D eigenvalue weighted by Gasteiger charge is -2.43. The van der Waals surface area contributed by atoms with Crippen molar-refractivity contribution in [3.8, 4) is 6.07 Å². The molecule has 0 amide bonds. The maximum atomic E-state index is 8.95. The van der Waals surface area contributed by atoms with Crippen LogP contribution in [0.2, 0.25) is 0 Å². The van der Waals surface area contributed by atoms with Crippen molar-refractivity contribution >= 4 is 0 Å². The molecule has 1 saturated carbocycles. The lowest BCUT2D eigenvalue weighted by atomic mass is 9.61. The van der Waals surface area contributed by atoms with Crippen molar-refractivity contribution in [1.82, 2.24) is 0 Å². The van der Waals surface area contributed by atoms with Crippen molar-refractivity contribution in [3.63, 3.8) is 0 Å². The second-order valence-corrected chi connectivity index (χ2v) is 6.10. The molecule has 1 atom stereocenters. The van der Waals surface area contributed by atoms with Crippen molar-refractivity contribution < 1.29 is 0 Å². The number of nitrogens with zero attached hydrogens (tertiary/aromatic N) is 1. The van der Waals surface area contributed by atoms with Crippen LogP contribution < -0.4 is 0 Å². The van der Waals surface area contributed by atoms with E-state index in [2.05, 4.69) is 32.0 Å². The molecule has 0 radical (unpaired) electrons. The van der Waals surface area contributed by atoms with Crippen LogP contribution in [0.4, 0.5) is 0 Å². The fourth-order valence-corrected chi connectivity index (χ4v) is 3.83. The minimum Gasteiger partial charge on any atom is -0.192 e. The van der Waals surface area contributed by atoms with Gasteiger partial charge in [-0.05, 0) is 41.9 Å². The zero-order valence-electron chi connectivity index (χ0n) is 12.3. The summed E-state index contributed by atoms with van der Waals surface area (Å²) < 4.78 is 0. The second kappa shape index (κ2) is 6.24. The molecule has 1 fully saturated rings. The lowest BCUT2D eigenvalue weighted by molar-refractivity contribution is 0.192. The summed E-state index contributed by atoms with van der Waals surface area (Å²) in [5.41, 5.74) is 2.60. The zero-order valence-corrected chi connectivity index (χ0v) is 12.3. The first-order valence-electron chi connectivity index (χ1n) is 7.73. The molecule has 2 rings (SSSR count). The summed E-state index contributed by atoms with van der Waals surface area (Å²) in [7, 11) is 0. The van der Waals surface area contributed by atoms with Gasteiger partial charge >= 0.3 is 0 Å². The van der Waals surface area contributed by atoms with Gasteiger partial charge in [0.05, 0.1) is 11.6 Å². The fourth-order valence-electron chi connectivity index (χ4n) is 3.83. The van der Waals surface area contributed by atoms with Crippen LogP contribution >= 0.6 is 0 Å². The van der Waals surface area contributed by atoms with Crippen LogP contribution in [0.25, 0.3) is 0 Å². The van der Waals surface area contributed by atoms with Crippen LogP contribution in [0.5, 0.6) is 0 Å². The molecule has 0 N–H and O–H groups in total. The van der Waals surface area contributed by atoms with E-state index in [0.717, 1.165) is 11.5 Å². The first-order chi connectivity index (χ1) is 9.23. The van der Waals surface area contributed by atoms with Gasteiger partial charge in [0, 0.05) is 0 Å². The van der Waals surface area contributed by atoms with Crippen molar-refractivity contribution in [2.45, 2.75) is 64.2 Å². The third-order valence-corrected chi connectivity index (χ3v) is 5.00. The maximum absolute atomic E-state index is 8.95. The smallest absolute Gasteiger partial charge is 0.0991 e. The van der Waals surface area contributed by atoms with Gasteiger partial charge in [0.2, 0.25) is 0 Å². The third-order valence-electron chi connectivity index (χ3n) is 5.00. The van der Waals surface area contributed by atoms with E-state index in [0.29, 0.717) is 5.41 Å². The molecule has 1 heteroatoms. The number of hydrogen-bond acceptors (Lipinski definition) is 1. The monoisotopic (exact) mass is 255 g/mol. The van der Waals surface area contributed by atoms with E-state index in [-0.39, 0.29) is 0 Å². The quantitative estimate of drug-likeness (QED) is 0.725. The van der Waals surface area contributed by atoms with Gasteiger partial charge < -0.3 is 0 Å². The predicted octanol–water partition coefficient (Wildman–Crippen LogP) is 5.20. The summed E-state index contributed by atoms with van der Waals surface area (Å²) in [5, 5.41) is 8.95. The Balaban J connectivity index is 2.33. The highest BCUT2D eigenvalue weighted by Crippen LogP contribution is 2.46. The van der Waals surface area contributed by atoms with Gasteiger partial charge in [0.25, 0.3) is 0 Å². The summed E-state index contributed by atoms with van der Waals surface area (Å²) in [6.07, 6.45) is 9.30. The van der Waals surface area contributed by atoms with E-state index in [1.807, 2.05) is 12.1 Å². The Morgan fingerprint density at radius 2 is 1.79 bits per heavy atom. The maximum Gasteiger partial charge on any atom is 0.0991 e. The molecule has 102 valence electrons. The van der Waals surface area contributed by atoms with Crippen molar-refractivity contribution in [1.29, 1.82) is 5.26 Å². The van der Waals surface area contributed by atoms with Crippen molar-refractivity contribution in [2.75, 3.05) is 0 Å². The number of hydrogen-bond donors (Lipinski definition) is 0. The Morgan fingerprint density at radius 1 is 1.16 bits per heavy atom. The van der Waals surface area contributed by atoms with Crippen LogP contribution in [0.3, 0.4) is 0 Å². The lowest BCUT2D eigenvalue weighted by Crippen LogP contribution is -2.36.